The molecule has 1 heterocycles. The standard InChI is InChI=1S/C11H14O4/c12-10(13)11(4-2-1-3-5-11)8-9-14-6-7-15-9/h2-5,9H,1,6-8H2,(H,12,13). The van der Waals surface area contributed by atoms with E-state index in [0.29, 0.717) is 19.6 Å². The van der Waals surface area contributed by atoms with Crippen LogP contribution in [0.15, 0.2) is 24.3 Å². The molecule has 0 radical (unpaired) electrons. The van der Waals surface area contributed by atoms with E-state index in [1.165, 1.54) is 0 Å². The van der Waals surface area contributed by atoms with Gasteiger partial charge in [0.15, 0.2) is 6.29 Å². The highest BCUT2D eigenvalue weighted by molar-refractivity contribution is 5.80. The number of aliphatic carboxylic acids is 1. The van der Waals surface area contributed by atoms with Crippen molar-refractivity contribution in [2.24, 2.45) is 5.41 Å². The van der Waals surface area contributed by atoms with Crippen molar-refractivity contribution in [3.05, 3.63) is 24.3 Å². The summed E-state index contributed by atoms with van der Waals surface area (Å²) in [6.07, 6.45) is 7.91. The molecule has 0 spiro atoms. The average Bonchev–Trinajstić information content (AvgIpc) is 2.71. The Hall–Kier alpha value is -1.13. The van der Waals surface area contributed by atoms with E-state index in [4.69, 9.17) is 9.47 Å². The summed E-state index contributed by atoms with van der Waals surface area (Å²) in [5, 5.41) is 9.24. The number of hydrogen-bond donors (Lipinski definition) is 1. The molecule has 1 N–H and O–H groups in total. The Kier molecular flexibility index (Phi) is 2.88. The van der Waals surface area contributed by atoms with Gasteiger partial charge in [0.25, 0.3) is 0 Å². The molecule has 1 saturated heterocycles. The monoisotopic (exact) mass is 210 g/mol. The first-order valence-electron chi connectivity index (χ1n) is 5.05. The zero-order chi connectivity index (χ0) is 10.7. The lowest BCUT2D eigenvalue weighted by Gasteiger charge is -2.26. The summed E-state index contributed by atoms with van der Waals surface area (Å²) < 4.78 is 10.6. The van der Waals surface area contributed by atoms with Crippen molar-refractivity contribution in [1.82, 2.24) is 0 Å². The van der Waals surface area contributed by atoms with Crippen LogP contribution in [-0.4, -0.2) is 30.6 Å². The van der Waals surface area contributed by atoms with Gasteiger partial charge >= 0.3 is 5.97 Å². The number of carboxylic acids is 1. The lowest BCUT2D eigenvalue weighted by molar-refractivity contribution is -0.148. The summed E-state index contributed by atoms with van der Waals surface area (Å²) >= 11 is 0. The SMILES string of the molecule is O=C(O)C1(CC2OCCO2)C=CCC=C1. The first kappa shape index (κ1) is 10.4. The third kappa shape index (κ3) is 2.11. The van der Waals surface area contributed by atoms with E-state index in [2.05, 4.69) is 0 Å². The van der Waals surface area contributed by atoms with Crippen molar-refractivity contribution in [2.75, 3.05) is 13.2 Å². The maximum Gasteiger partial charge on any atom is 0.317 e. The van der Waals surface area contributed by atoms with Gasteiger partial charge < -0.3 is 14.6 Å². The Bertz CT molecular complexity index is 288. The highest BCUT2D eigenvalue weighted by Crippen LogP contribution is 2.33. The Morgan fingerprint density at radius 2 is 1.93 bits per heavy atom. The van der Waals surface area contributed by atoms with E-state index in [9.17, 15) is 9.90 Å². The second-order valence-electron chi connectivity index (χ2n) is 3.76. The van der Waals surface area contributed by atoms with E-state index < -0.39 is 17.7 Å². The summed E-state index contributed by atoms with van der Waals surface area (Å²) in [5.74, 6) is -0.853. The lowest BCUT2D eigenvalue weighted by atomic mass is 9.81. The van der Waals surface area contributed by atoms with Crippen LogP contribution in [0.1, 0.15) is 12.8 Å². The van der Waals surface area contributed by atoms with Gasteiger partial charge in [-0.2, -0.15) is 0 Å². The molecule has 0 atom stereocenters. The molecule has 0 aromatic carbocycles. The van der Waals surface area contributed by atoms with Crippen LogP contribution in [0, 0.1) is 5.41 Å². The van der Waals surface area contributed by atoms with Gasteiger partial charge in [0.05, 0.1) is 13.2 Å². The van der Waals surface area contributed by atoms with Crippen molar-refractivity contribution in [1.29, 1.82) is 0 Å². The normalized spacial score (nSPS) is 24.5. The molecule has 0 aromatic heterocycles. The Labute approximate surface area is 88.2 Å². The summed E-state index contributed by atoms with van der Waals surface area (Å²) in [5.41, 5.74) is -0.951. The van der Waals surface area contributed by atoms with Gasteiger partial charge in [0.2, 0.25) is 0 Å². The minimum absolute atomic E-state index is 0.343. The molecule has 1 aliphatic carbocycles. The molecule has 0 amide bonds. The molecule has 2 aliphatic rings. The van der Waals surface area contributed by atoms with Crippen molar-refractivity contribution >= 4 is 5.97 Å². The van der Waals surface area contributed by atoms with Gasteiger partial charge in [0, 0.05) is 6.42 Å². The Morgan fingerprint density at radius 1 is 1.33 bits per heavy atom. The molecule has 4 nitrogen and oxygen atoms in total. The predicted molar refractivity (Wildman–Crippen MR) is 53.3 cm³/mol. The first-order chi connectivity index (χ1) is 7.23. The number of carbonyl (C=O) groups is 1. The quantitative estimate of drug-likeness (QED) is 0.714. The van der Waals surface area contributed by atoms with Crippen LogP contribution < -0.4 is 0 Å². The highest BCUT2D eigenvalue weighted by Gasteiger charge is 2.38. The maximum absolute atomic E-state index is 11.3. The molecular weight excluding hydrogens is 196 g/mol. The van der Waals surface area contributed by atoms with Crippen molar-refractivity contribution < 1.29 is 19.4 Å². The van der Waals surface area contributed by atoms with Crippen molar-refractivity contribution in [3.63, 3.8) is 0 Å². The van der Waals surface area contributed by atoms with E-state index >= 15 is 0 Å². The molecular formula is C11H14O4. The van der Waals surface area contributed by atoms with Gasteiger partial charge in [0.1, 0.15) is 5.41 Å². The molecule has 0 bridgehead atoms. The van der Waals surface area contributed by atoms with Gasteiger partial charge in [-0.1, -0.05) is 24.3 Å². The topological polar surface area (TPSA) is 55.8 Å². The van der Waals surface area contributed by atoms with Crippen LogP contribution in [0.2, 0.25) is 0 Å². The zero-order valence-corrected chi connectivity index (χ0v) is 8.39. The molecule has 2 rings (SSSR count). The van der Waals surface area contributed by atoms with Crippen LogP contribution >= 0.6 is 0 Å². The van der Waals surface area contributed by atoms with Crippen LogP contribution in [0.4, 0.5) is 0 Å². The lowest BCUT2D eigenvalue weighted by Crippen LogP contribution is -2.32. The number of ether oxygens (including phenoxy) is 2. The fraction of sp³-hybridized carbons (Fsp3) is 0.545. The third-order valence-electron chi connectivity index (χ3n) is 2.70. The van der Waals surface area contributed by atoms with E-state index in [-0.39, 0.29) is 0 Å². The number of allylic oxidation sites excluding steroid dienone is 2. The largest absolute Gasteiger partial charge is 0.480 e. The predicted octanol–water partition coefficient (Wildman–Crippen LogP) is 1.34. The smallest absolute Gasteiger partial charge is 0.317 e. The van der Waals surface area contributed by atoms with Crippen LogP contribution in [0.5, 0.6) is 0 Å². The molecule has 15 heavy (non-hydrogen) atoms. The molecule has 4 heteroatoms. The van der Waals surface area contributed by atoms with Crippen molar-refractivity contribution in [2.45, 2.75) is 19.1 Å². The summed E-state index contributed by atoms with van der Waals surface area (Å²) in [6, 6.07) is 0. The second kappa shape index (κ2) is 4.16. The van der Waals surface area contributed by atoms with E-state index in [1.807, 2.05) is 12.2 Å². The summed E-state index contributed by atoms with van der Waals surface area (Å²) in [4.78, 5) is 11.3. The van der Waals surface area contributed by atoms with E-state index in [0.717, 1.165) is 6.42 Å². The number of rotatable bonds is 3. The molecule has 0 saturated carbocycles. The Balaban J connectivity index is 2.11. The second-order valence-corrected chi connectivity index (χ2v) is 3.76. The fourth-order valence-corrected chi connectivity index (χ4v) is 1.86. The van der Waals surface area contributed by atoms with Crippen molar-refractivity contribution in [3.8, 4) is 0 Å². The summed E-state index contributed by atoms with van der Waals surface area (Å²) in [7, 11) is 0. The first-order valence-corrected chi connectivity index (χ1v) is 5.05. The van der Waals surface area contributed by atoms with Gasteiger partial charge in [-0.15, -0.1) is 0 Å². The van der Waals surface area contributed by atoms with Crippen LogP contribution in [0.3, 0.4) is 0 Å². The minimum Gasteiger partial charge on any atom is -0.480 e. The van der Waals surface area contributed by atoms with Crippen LogP contribution in [-0.2, 0) is 14.3 Å². The third-order valence-corrected chi connectivity index (χ3v) is 2.70. The van der Waals surface area contributed by atoms with Gasteiger partial charge in [-0.3, -0.25) is 4.79 Å². The molecule has 0 unspecified atom stereocenters. The number of carboxylic acid groups (broad SMARTS) is 1. The molecule has 1 aliphatic heterocycles. The fourth-order valence-electron chi connectivity index (χ4n) is 1.86. The molecule has 0 aromatic rings. The van der Waals surface area contributed by atoms with Crippen LogP contribution in [0.25, 0.3) is 0 Å². The molecule has 1 fully saturated rings. The van der Waals surface area contributed by atoms with Gasteiger partial charge in [-0.25, -0.2) is 0 Å². The average molecular weight is 210 g/mol. The van der Waals surface area contributed by atoms with E-state index in [1.54, 1.807) is 12.2 Å². The maximum atomic E-state index is 11.3. The Morgan fingerprint density at radius 3 is 2.47 bits per heavy atom. The zero-order valence-electron chi connectivity index (χ0n) is 8.39. The molecule has 82 valence electrons. The number of hydrogen-bond acceptors (Lipinski definition) is 3. The van der Waals surface area contributed by atoms with Gasteiger partial charge in [-0.05, 0) is 6.42 Å². The minimum atomic E-state index is -0.951. The summed E-state index contributed by atoms with van der Waals surface area (Å²) in [6.45, 7) is 1.10. The highest BCUT2D eigenvalue weighted by atomic mass is 16.7.